The molecule has 0 aliphatic carbocycles. The number of pyridine rings is 1. The molecule has 0 spiro atoms. The Morgan fingerprint density at radius 1 is 1.27 bits per heavy atom. The molecule has 0 saturated carbocycles. The lowest BCUT2D eigenvalue weighted by Crippen LogP contribution is -2.32. The van der Waals surface area contributed by atoms with Crippen molar-refractivity contribution in [3.8, 4) is 11.3 Å². The summed E-state index contributed by atoms with van der Waals surface area (Å²) in [5.41, 5.74) is 2.69. The maximum Gasteiger partial charge on any atom is 0.335 e. The van der Waals surface area contributed by atoms with Crippen LogP contribution in [0, 0.1) is 6.92 Å². The average Bonchev–Trinajstić information content (AvgIpc) is 3.34. The Labute approximate surface area is 179 Å². The zero-order valence-corrected chi connectivity index (χ0v) is 17.1. The van der Waals surface area contributed by atoms with Gasteiger partial charge in [-0.3, -0.25) is 4.98 Å². The van der Waals surface area contributed by atoms with E-state index in [4.69, 9.17) is 16.6 Å². The van der Waals surface area contributed by atoms with Gasteiger partial charge in [0, 0.05) is 18.3 Å². The number of hydrogen-bond donors (Lipinski definition) is 3. The van der Waals surface area contributed by atoms with Gasteiger partial charge in [0.1, 0.15) is 17.6 Å². The minimum absolute atomic E-state index is 0.0451. The van der Waals surface area contributed by atoms with Crippen molar-refractivity contribution in [3.05, 3.63) is 77.3 Å². The summed E-state index contributed by atoms with van der Waals surface area (Å²) in [6.45, 7) is 2.17. The van der Waals surface area contributed by atoms with Gasteiger partial charge in [0.25, 0.3) is 0 Å². The van der Waals surface area contributed by atoms with Gasteiger partial charge in [0.05, 0.1) is 23.9 Å². The largest absolute Gasteiger partial charge is 0.478 e. The molecule has 30 heavy (non-hydrogen) atoms. The number of carboxylic acid groups (broad SMARTS) is 1. The maximum absolute atomic E-state index is 11.2. The van der Waals surface area contributed by atoms with Crippen LogP contribution in [0.25, 0.3) is 11.3 Å². The standard InChI is InChI=1S/C22H21N3O4S/c1-13-12-14(21(27)28)5-6-15(13)17-7-8-18(29-17)20-19(16-4-2-3-9-23-16)24-22(30)25(20)10-11-26/h2-9,12,19-20,26H,10-11H2,1H3,(H,24,30)(H,27,28)/t19-,20+/m1/s1. The molecule has 2 atom stereocenters. The van der Waals surface area contributed by atoms with Gasteiger partial charge in [-0.05, 0) is 61.1 Å². The highest BCUT2D eigenvalue weighted by Gasteiger charge is 2.41. The first-order valence-electron chi connectivity index (χ1n) is 9.52. The SMILES string of the molecule is Cc1cc(C(=O)O)ccc1-c1ccc([C@H]2[C@@H](c3ccccn3)NC(=S)N2CCO)o1. The van der Waals surface area contributed by atoms with Gasteiger partial charge in [-0.1, -0.05) is 12.1 Å². The monoisotopic (exact) mass is 423 g/mol. The van der Waals surface area contributed by atoms with Crippen molar-refractivity contribution in [3.63, 3.8) is 0 Å². The lowest BCUT2D eigenvalue weighted by Gasteiger charge is -2.25. The van der Waals surface area contributed by atoms with Gasteiger partial charge in [0.15, 0.2) is 5.11 Å². The molecule has 154 valence electrons. The first-order chi connectivity index (χ1) is 14.5. The van der Waals surface area contributed by atoms with E-state index < -0.39 is 5.97 Å². The molecule has 8 heteroatoms. The summed E-state index contributed by atoms with van der Waals surface area (Å²) in [7, 11) is 0. The number of furan rings is 1. The molecule has 1 aliphatic heterocycles. The Kier molecular flexibility index (Phi) is 5.52. The van der Waals surface area contributed by atoms with E-state index in [0.717, 1.165) is 16.8 Å². The van der Waals surface area contributed by atoms with E-state index in [2.05, 4.69) is 10.3 Å². The van der Waals surface area contributed by atoms with Gasteiger partial charge in [0.2, 0.25) is 0 Å². The number of aromatic nitrogens is 1. The van der Waals surface area contributed by atoms with Crippen LogP contribution in [0.2, 0.25) is 0 Å². The number of benzene rings is 1. The summed E-state index contributed by atoms with van der Waals surface area (Å²) in [5.74, 6) is 0.359. The molecular weight excluding hydrogens is 402 g/mol. The molecule has 1 aliphatic rings. The summed E-state index contributed by atoms with van der Waals surface area (Å²) in [5, 5.41) is 22.5. The summed E-state index contributed by atoms with van der Waals surface area (Å²) >= 11 is 5.50. The number of nitrogens with zero attached hydrogens (tertiary/aromatic N) is 2. The number of hydrogen-bond acceptors (Lipinski definition) is 5. The van der Waals surface area contributed by atoms with Crippen molar-refractivity contribution >= 4 is 23.3 Å². The van der Waals surface area contributed by atoms with E-state index in [0.29, 0.717) is 23.2 Å². The molecule has 0 bridgehead atoms. The van der Waals surface area contributed by atoms with Crippen LogP contribution in [0.1, 0.15) is 39.5 Å². The van der Waals surface area contributed by atoms with E-state index >= 15 is 0 Å². The van der Waals surface area contributed by atoms with Crippen LogP contribution in [0.5, 0.6) is 0 Å². The van der Waals surface area contributed by atoms with Crippen molar-refractivity contribution in [2.24, 2.45) is 0 Å². The topological polar surface area (TPSA) is 98.8 Å². The Balaban J connectivity index is 1.72. The molecule has 7 nitrogen and oxygen atoms in total. The number of aryl methyl sites for hydroxylation is 1. The Morgan fingerprint density at radius 2 is 2.10 bits per heavy atom. The molecule has 0 unspecified atom stereocenters. The zero-order valence-electron chi connectivity index (χ0n) is 16.3. The zero-order chi connectivity index (χ0) is 21.3. The number of thiocarbonyl (C=S) groups is 1. The van der Waals surface area contributed by atoms with Crippen molar-refractivity contribution in [2.75, 3.05) is 13.2 Å². The molecule has 0 amide bonds. The molecule has 1 aromatic carbocycles. The third-order valence-corrected chi connectivity index (χ3v) is 5.55. The van der Waals surface area contributed by atoms with Crippen molar-refractivity contribution in [2.45, 2.75) is 19.0 Å². The van der Waals surface area contributed by atoms with Gasteiger partial charge < -0.3 is 24.8 Å². The average molecular weight is 423 g/mol. The minimum atomic E-state index is -0.965. The van der Waals surface area contributed by atoms with E-state index in [1.807, 2.05) is 42.2 Å². The molecule has 0 radical (unpaired) electrons. The summed E-state index contributed by atoms with van der Waals surface area (Å²) in [6, 6.07) is 13.9. The van der Waals surface area contributed by atoms with Gasteiger partial charge >= 0.3 is 5.97 Å². The van der Waals surface area contributed by atoms with E-state index in [-0.39, 0.29) is 24.3 Å². The van der Waals surface area contributed by atoms with Crippen LogP contribution >= 0.6 is 12.2 Å². The number of aliphatic hydroxyl groups is 1. The van der Waals surface area contributed by atoms with Crippen molar-refractivity contribution < 1.29 is 19.4 Å². The Hall–Kier alpha value is -3.23. The molecule has 2 aromatic heterocycles. The fourth-order valence-electron chi connectivity index (χ4n) is 3.79. The quantitative estimate of drug-likeness (QED) is 0.520. The van der Waals surface area contributed by atoms with Crippen molar-refractivity contribution in [1.29, 1.82) is 0 Å². The molecule has 3 aromatic rings. The maximum atomic E-state index is 11.2. The number of nitrogens with one attached hydrogen (secondary N) is 1. The molecule has 1 fully saturated rings. The summed E-state index contributed by atoms with van der Waals surface area (Å²) in [4.78, 5) is 17.6. The highest BCUT2D eigenvalue weighted by Crippen LogP contribution is 2.40. The summed E-state index contributed by atoms with van der Waals surface area (Å²) in [6.07, 6.45) is 1.73. The van der Waals surface area contributed by atoms with E-state index in [9.17, 15) is 15.0 Å². The third kappa shape index (κ3) is 3.67. The number of aromatic carboxylic acids is 1. The van der Waals surface area contributed by atoms with Crippen LogP contribution in [0.15, 0.2) is 59.1 Å². The number of carbonyl (C=O) groups is 1. The van der Waals surface area contributed by atoms with Gasteiger partial charge in [-0.15, -0.1) is 0 Å². The first kappa shape index (κ1) is 20.1. The number of rotatable bonds is 6. The van der Waals surface area contributed by atoms with E-state index in [1.165, 1.54) is 0 Å². The van der Waals surface area contributed by atoms with Crippen LogP contribution < -0.4 is 5.32 Å². The second kappa shape index (κ2) is 8.25. The van der Waals surface area contributed by atoms with Gasteiger partial charge in [-0.2, -0.15) is 0 Å². The predicted octanol–water partition coefficient (Wildman–Crippen LogP) is 3.31. The lowest BCUT2D eigenvalue weighted by molar-refractivity contribution is 0.0696. The number of carboxylic acids is 1. The Bertz CT molecular complexity index is 1080. The number of aliphatic hydroxyl groups excluding tert-OH is 1. The highest BCUT2D eigenvalue weighted by atomic mass is 32.1. The minimum Gasteiger partial charge on any atom is -0.478 e. The second-order valence-electron chi connectivity index (χ2n) is 7.08. The van der Waals surface area contributed by atoms with Crippen LogP contribution in [0.4, 0.5) is 0 Å². The molecule has 3 heterocycles. The third-order valence-electron chi connectivity index (χ3n) is 5.20. The fourth-order valence-corrected chi connectivity index (χ4v) is 4.12. The lowest BCUT2D eigenvalue weighted by atomic mass is 10.0. The highest BCUT2D eigenvalue weighted by molar-refractivity contribution is 7.80. The summed E-state index contributed by atoms with van der Waals surface area (Å²) < 4.78 is 6.21. The first-order valence-corrected chi connectivity index (χ1v) is 9.93. The van der Waals surface area contributed by atoms with Crippen molar-refractivity contribution in [1.82, 2.24) is 15.2 Å². The second-order valence-corrected chi connectivity index (χ2v) is 7.47. The van der Waals surface area contributed by atoms with Crippen LogP contribution in [-0.4, -0.2) is 44.3 Å². The predicted molar refractivity (Wildman–Crippen MR) is 115 cm³/mol. The smallest absolute Gasteiger partial charge is 0.335 e. The van der Waals surface area contributed by atoms with Gasteiger partial charge in [-0.25, -0.2) is 4.79 Å². The van der Waals surface area contributed by atoms with Crippen LogP contribution in [0.3, 0.4) is 0 Å². The molecule has 3 N–H and O–H groups in total. The number of β-amino-alcohol motifs (C(OH)–C–C–N with tert-alkyl or cyclic N) is 1. The fraction of sp³-hybridized carbons (Fsp3) is 0.227. The molecule has 1 saturated heterocycles. The molecular formula is C22H21N3O4S. The Morgan fingerprint density at radius 3 is 2.77 bits per heavy atom. The van der Waals surface area contributed by atoms with Crippen LogP contribution in [-0.2, 0) is 0 Å². The normalized spacial score (nSPS) is 18.5. The van der Waals surface area contributed by atoms with E-state index in [1.54, 1.807) is 24.4 Å². The molecule has 4 rings (SSSR count).